The van der Waals surface area contributed by atoms with Crippen LogP contribution in [0.25, 0.3) is 11.3 Å². The molecule has 172 valence electrons. The predicted molar refractivity (Wildman–Crippen MR) is 130 cm³/mol. The van der Waals surface area contributed by atoms with Crippen molar-refractivity contribution >= 4 is 11.7 Å². The van der Waals surface area contributed by atoms with E-state index in [0.29, 0.717) is 29.4 Å². The summed E-state index contributed by atoms with van der Waals surface area (Å²) in [5, 5.41) is 16.1. The van der Waals surface area contributed by atoms with Gasteiger partial charge in [-0.05, 0) is 54.4 Å². The highest BCUT2D eigenvalue weighted by atomic mass is 16.5. The zero-order chi connectivity index (χ0) is 23.9. The number of aromatic nitrogens is 3. The van der Waals surface area contributed by atoms with Crippen LogP contribution in [0.5, 0.6) is 11.5 Å². The summed E-state index contributed by atoms with van der Waals surface area (Å²) in [6, 6.07) is 16.2. The lowest BCUT2D eigenvalue weighted by Crippen LogP contribution is -2.22. The normalized spacial score (nSPS) is 11.5. The fourth-order valence-corrected chi connectivity index (χ4v) is 3.43. The number of hydrogen-bond acceptors (Lipinski definition) is 7. The summed E-state index contributed by atoms with van der Waals surface area (Å²) in [5.74, 6) is 0.904. The number of pyridine rings is 1. The molecule has 0 saturated heterocycles. The van der Waals surface area contributed by atoms with Crippen LogP contribution in [-0.4, -0.2) is 33.1 Å². The van der Waals surface area contributed by atoms with Gasteiger partial charge < -0.3 is 20.5 Å². The molecule has 4 aromatic rings. The Morgan fingerprint density at radius 3 is 2.62 bits per heavy atom. The largest absolute Gasteiger partial charge is 0.504 e. The average Bonchev–Trinajstić information content (AvgIpc) is 2.88. The Bertz CT molecular complexity index is 1260. The van der Waals surface area contributed by atoms with Crippen LogP contribution in [0.3, 0.4) is 0 Å². The number of anilines is 1. The van der Waals surface area contributed by atoms with E-state index in [2.05, 4.69) is 25.6 Å². The number of benzene rings is 2. The molecule has 2 aromatic carbocycles. The maximum Gasteiger partial charge on any atom is 0.251 e. The summed E-state index contributed by atoms with van der Waals surface area (Å²) >= 11 is 0. The lowest BCUT2D eigenvalue weighted by molar-refractivity contribution is 0.0951. The molecule has 0 aliphatic heterocycles. The maximum atomic E-state index is 12.4. The van der Waals surface area contributed by atoms with Crippen molar-refractivity contribution < 1.29 is 14.6 Å². The van der Waals surface area contributed by atoms with Gasteiger partial charge in [-0.15, -0.1) is 0 Å². The maximum absolute atomic E-state index is 12.4. The molecule has 0 bridgehead atoms. The SMILES string of the molecule is COc1cc(-c2cncc(N[C@H](C)c3ccc(C(=O)NCc4cccnc4)cc3)n2)ccc1O. The Morgan fingerprint density at radius 1 is 1.06 bits per heavy atom. The van der Waals surface area contributed by atoms with E-state index in [9.17, 15) is 9.90 Å². The van der Waals surface area contributed by atoms with Gasteiger partial charge in [0.1, 0.15) is 5.82 Å². The highest BCUT2D eigenvalue weighted by molar-refractivity contribution is 5.94. The summed E-state index contributed by atoms with van der Waals surface area (Å²) < 4.78 is 5.18. The first-order chi connectivity index (χ1) is 16.5. The van der Waals surface area contributed by atoms with E-state index < -0.39 is 0 Å². The minimum absolute atomic E-state index is 0.0635. The molecule has 0 spiro atoms. The van der Waals surface area contributed by atoms with Gasteiger partial charge in [-0.2, -0.15) is 0 Å². The minimum atomic E-state index is -0.140. The van der Waals surface area contributed by atoms with Crippen LogP contribution in [0.1, 0.15) is 34.5 Å². The standard InChI is InChI=1S/C26H25N5O3/c1-17(19-5-7-20(8-6-19)26(33)29-14-18-4-3-11-27-13-18)30-25-16-28-15-22(31-25)21-9-10-23(32)24(12-21)34-2/h3-13,15-17,32H,14H2,1-2H3,(H,29,33)(H,30,31)/t17-/m1/s1. The molecular weight excluding hydrogens is 430 g/mol. The van der Waals surface area contributed by atoms with Gasteiger partial charge in [-0.3, -0.25) is 14.8 Å². The number of phenols is 1. The van der Waals surface area contributed by atoms with Crippen LogP contribution in [-0.2, 0) is 6.54 Å². The Kier molecular flexibility index (Phi) is 6.98. The van der Waals surface area contributed by atoms with Crippen molar-refractivity contribution in [1.29, 1.82) is 0 Å². The zero-order valence-corrected chi connectivity index (χ0v) is 18.9. The molecule has 0 saturated carbocycles. The predicted octanol–water partition coefficient (Wildman–Crippen LogP) is 4.36. The number of amides is 1. The molecule has 3 N–H and O–H groups in total. The number of methoxy groups -OCH3 is 1. The molecular formula is C26H25N5O3. The van der Waals surface area contributed by atoms with E-state index in [1.165, 1.54) is 7.11 Å². The minimum Gasteiger partial charge on any atom is -0.504 e. The van der Waals surface area contributed by atoms with Gasteiger partial charge in [-0.25, -0.2) is 4.98 Å². The van der Waals surface area contributed by atoms with Crippen LogP contribution in [0.4, 0.5) is 5.82 Å². The van der Waals surface area contributed by atoms with Crippen molar-refractivity contribution in [2.75, 3.05) is 12.4 Å². The van der Waals surface area contributed by atoms with Gasteiger partial charge in [0.25, 0.3) is 5.91 Å². The average molecular weight is 456 g/mol. The third-order valence-electron chi connectivity index (χ3n) is 5.32. The quantitative estimate of drug-likeness (QED) is 0.362. The molecule has 8 heteroatoms. The number of phenolic OH excluding ortho intramolecular Hbond substituents is 1. The van der Waals surface area contributed by atoms with Crippen molar-refractivity contribution in [1.82, 2.24) is 20.3 Å². The van der Waals surface area contributed by atoms with Crippen LogP contribution in [0.15, 0.2) is 79.4 Å². The van der Waals surface area contributed by atoms with E-state index in [-0.39, 0.29) is 17.7 Å². The highest BCUT2D eigenvalue weighted by Crippen LogP contribution is 2.31. The number of nitrogens with zero attached hydrogens (tertiary/aromatic N) is 3. The third-order valence-corrected chi connectivity index (χ3v) is 5.32. The first-order valence-electron chi connectivity index (χ1n) is 10.8. The van der Waals surface area contributed by atoms with Crippen molar-refractivity contribution in [3.63, 3.8) is 0 Å². The van der Waals surface area contributed by atoms with Gasteiger partial charge in [0, 0.05) is 36.1 Å². The summed E-state index contributed by atoms with van der Waals surface area (Å²) in [7, 11) is 1.50. The molecule has 8 nitrogen and oxygen atoms in total. The summed E-state index contributed by atoms with van der Waals surface area (Å²) in [6.07, 6.45) is 6.73. The van der Waals surface area contributed by atoms with Crippen LogP contribution < -0.4 is 15.4 Å². The molecule has 2 heterocycles. The first-order valence-corrected chi connectivity index (χ1v) is 10.8. The fraction of sp³-hybridized carbons (Fsp3) is 0.154. The lowest BCUT2D eigenvalue weighted by atomic mass is 10.1. The zero-order valence-electron chi connectivity index (χ0n) is 18.9. The van der Waals surface area contributed by atoms with Gasteiger partial charge in [0.15, 0.2) is 11.5 Å². The Labute approximate surface area is 197 Å². The molecule has 1 amide bonds. The second-order valence-corrected chi connectivity index (χ2v) is 7.71. The molecule has 2 aromatic heterocycles. The van der Waals surface area contributed by atoms with E-state index in [0.717, 1.165) is 16.7 Å². The molecule has 34 heavy (non-hydrogen) atoms. The monoisotopic (exact) mass is 455 g/mol. The van der Waals surface area contributed by atoms with Gasteiger partial charge >= 0.3 is 0 Å². The van der Waals surface area contributed by atoms with Crippen molar-refractivity contribution in [2.24, 2.45) is 0 Å². The Morgan fingerprint density at radius 2 is 1.88 bits per heavy atom. The lowest BCUT2D eigenvalue weighted by Gasteiger charge is -2.16. The number of carbonyl (C=O) groups excluding carboxylic acids is 1. The van der Waals surface area contributed by atoms with Crippen molar-refractivity contribution in [2.45, 2.75) is 19.5 Å². The smallest absolute Gasteiger partial charge is 0.251 e. The number of hydrogen-bond donors (Lipinski definition) is 3. The molecule has 0 aliphatic carbocycles. The van der Waals surface area contributed by atoms with E-state index in [4.69, 9.17) is 4.74 Å². The molecule has 1 atom stereocenters. The number of ether oxygens (including phenoxy) is 1. The fourth-order valence-electron chi connectivity index (χ4n) is 3.43. The second-order valence-electron chi connectivity index (χ2n) is 7.71. The first kappa shape index (κ1) is 22.7. The van der Waals surface area contributed by atoms with E-state index in [1.54, 1.807) is 55.1 Å². The summed E-state index contributed by atoms with van der Waals surface area (Å²) in [4.78, 5) is 25.4. The summed E-state index contributed by atoms with van der Waals surface area (Å²) in [6.45, 7) is 2.43. The van der Waals surface area contributed by atoms with Gasteiger partial charge in [0.05, 0.1) is 25.2 Å². The number of nitrogens with one attached hydrogen (secondary N) is 2. The number of aromatic hydroxyl groups is 1. The van der Waals surface area contributed by atoms with Crippen molar-refractivity contribution in [3.8, 4) is 22.8 Å². The molecule has 0 aliphatic rings. The number of rotatable bonds is 8. The van der Waals surface area contributed by atoms with E-state index in [1.807, 2.05) is 31.2 Å². The molecule has 0 fully saturated rings. The molecule has 0 radical (unpaired) electrons. The van der Waals surface area contributed by atoms with Gasteiger partial charge in [-0.1, -0.05) is 18.2 Å². The van der Waals surface area contributed by atoms with Gasteiger partial charge in [0.2, 0.25) is 0 Å². The Hall–Kier alpha value is -4.46. The third kappa shape index (κ3) is 5.47. The Balaban J connectivity index is 1.40. The van der Waals surface area contributed by atoms with Crippen LogP contribution in [0, 0.1) is 0 Å². The van der Waals surface area contributed by atoms with Crippen LogP contribution >= 0.6 is 0 Å². The topological polar surface area (TPSA) is 109 Å². The second kappa shape index (κ2) is 10.4. The molecule has 0 unspecified atom stereocenters. The summed E-state index contributed by atoms with van der Waals surface area (Å²) in [5.41, 5.74) is 3.96. The van der Waals surface area contributed by atoms with Crippen molar-refractivity contribution in [3.05, 3.63) is 96.1 Å². The van der Waals surface area contributed by atoms with Crippen LogP contribution in [0.2, 0.25) is 0 Å². The molecule has 4 rings (SSSR count). The number of carbonyl (C=O) groups is 1. The highest BCUT2D eigenvalue weighted by Gasteiger charge is 2.11. The van der Waals surface area contributed by atoms with E-state index >= 15 is 0 Å².